The molecule has 35 heavy (non-hydrogen) atoms. The number of nitrogens with zero attached hydrogens (tertiary/aromatic N) is 1. The van der Waals surface area contributed by atoms with Crippen LogP contribution in [0.3, 0.4) is 0 Å². The molecule has 0 saturated carbocycles. The Labute approximate surface area is 203 Å². The van der Waals surface area contributed by atoms with Crippen molar-refractivity contribution in [2.45, 2.75) is 57.5 Å². The Morgan fingerprint density at radius 3 is 2.66 bits per heavy atom. The summed E-state index contributed by atoms with van der Waals surface area (Å²) in [7, 11) is -3.79. The molecule has 2 aromatic carbocycles. The Bertz CT molecular complexity index is 1180. The Morgan fingerprint density at radius 1 is 1.23 bits per heavy atom. The van der Waals surface area contributed by atoms with Gasteiger partial charge in [0.1, 0.15) is 23.9 Å². The molecule has 1 amide bonds. The van der Waals surface area contributed by atoms with Crippen LogP contribution in [0.5, 0.6) is 0 Å². The highest BCUT2D eigenvalue weighted by Crippen LogP contribution is 2.32. The molecule has 10 heteroatoms. The number of sulfonamides is 1. The van der Waals surface area contributed by atoms with Crippen LogP contribution in [-0.2, 0) is 26.0 Å². The molecule has 1 N–H and O–H groups in total. The molecular formula is C25H29F3N2O4S. The van der Waals surface area contributed by atoms with Crippen LogP contribution in [0, 0.1) is 18.6 Å². The number of carbonyl (C=O) groups is 1. The maximum Gasteiger partial charge on any atom is 0.252 e. The zero-order valence-electron chi connectivity index (χ0n) is 19.6. The van der Waals surface area contributed by atoms with Crippen molar-refractivity contribution < 1.29 is 31.1 Å². The Hall–Kier alpha value is -2.43. The van der Waals surface area contributed by atoms with Crippen molar-refractivity contribution in [2.75, 3.05) is 18.9 Å². The number of carbonyl (C=O) groups excluding carboxylic acids is 1. The number of hydrogen-bond acceptors (Lipinski definition) is 4. The van der Waals surface area contributed by atoms with Gasteiger partial charge in [0.15, 0.2) is 0 Å². The van der Waals surface area contributed by atoms with Gasteiger partial charge in [-0.3, -0.25) is 4.79 Å². The minimum Gasteiger partial charge on any atom is -0.368 e. The van der Waals surface area contributed by atoms with Crippen LogP contribution in [0.4, 0.5) is 13.2 Å². The number of aryl methyl sites for hydroxylation is 1. The van der Waals surface area contributed by atoms with Gasteiger partial charge in [-0.25, -0.2) is 26.3 Å². The molecule has 4 rings (SSSR count). The number of halogens is 3. The molecule has 190 valence electrons. The second kappa shape index (κ2) is 10.3. The van der Waals surface area contributed by atoms with Gasteiger partial charge in [0, 0.05) is 12.2 Å². The molecule has 2 aliphatic rings. The number of likely N-dealkylation sites (tertiary alicyclic amines) is 1. The van der Waals surface area contributed by atoms with E-state index < -0.39 is 51.9 Å². The summed E-state index contributed by atoms with van der Waals surface area (Å²) in [6.07, 6.45) is -1.32. The summed E-state index contributed by atoms with van der Waals surface area (Å²) in [6, 6.07) is 6.67. The molecular weight excluding hydrogens is 481 g/mol. The normalized spacial score (nSPS) is 24.8. The van der Waals surface area contributed by atoms with Gasteiger partial charge < -0.3 is 9.64 Å². The second-order valence-electron chi connectivity index (χ2n) is 9.12. The maximum atomic E-state index is 15.6. The van der Waals surface area contributed by atoms with Crippen molar-refractivity contribution in [3.05, 3.63) is 59.2 Å². The minimum absolute atomic E-state index is 0.121. The van der Waals surface area contributed by atoms with Crippen molar-refractivity contribution in [1.29, 1.82) is 0 Å². The highest BCUT2D eigenvalue weighted by molar-refractivity contribution is 7.89. The first-order valence-electron chi connectivity index (χ1n) is 11.7. The number of rotatable bonds is 7. The Morgan fingerprint density at radius 2 is 2.00 bits per heavy atom. The van der Waals surface area contributed by atoms with Crippen LogP contribution in [0.15, 0.2) is 36.4 Å². The van der Waals surface area contributed by atoms with E-state index in [0.29, 0.717) is 30.6 Å². The van der Waals surface area contributed by atoms with Gasteiger partial charge in [0.25, 0.3) is 5.91 Å². The third kappa shape index (κ3) is 5.54. The lowest BCUT2D eigenvalue weighted by Gasteiger charge is -2.30. The number of benzene rings is 2. The molecule has 0 spiro atoms. The number of amides is 1. The maximum absolute atomic E-state index is 15.6. The molecule has 2 fully saturated rings. The zero-order chi connectivity index (χ0) is 25.3. The van der Waals surface area contributed by atoms with Crippen molar-refractivity contribution >= 4 is 15.9 Å². The van der Waals surface area contributed by atoms with Gasteiger partial charge in [0.05, 0.1) is 24.4 Å². The molecule has 0 bridgehead atoms. The van der Waals surface area contributed by atoms with E-state index in [1.54, 1.807) is 19.1 Å². The van der Waals surface area contributed by atoms with Crippen molar-refractivity contribution in [3.63, 3.8) is 0 Å². The topological polar surface area (TPSA) is 75.7 Å². The lowest BCUT2D eigenvalue weighted by molar-refractivity contribution is -0.142. The molecule has 4 atom stereocenters. The van der Waals surface area contributed by atoms with Crippen LogP contribution >= 0.6 is 0 Å². The second-order valence-corrected chi connectivity index (χ2v) is 11.2. The van der Waals surface area contributed by atoms with Gasteiger partial charge in [-0.2, -0.15) is 0 Å². The van der Waals surface area contributed by atoms with E-state index in [-0.39, 0.29) is 29.8 Å². The molecule has 0 aliphatic carbocycles. The fourth-order valence-corrected chi connectivity index (χ4v) is 5.73. The van der Waals surface area contributed by atoms with Gasteiger partial charge in [0.2, 0.25) is 10.0 Å². The predicted octanol–water partition coefficient (Wildman–Crippen LogP) is 3.52. The Balaban J connectivity index is 1.70. The molecule has 6 nitrogen and oxygen atoms in total. The van der Waals surface area contributed by atoms with Crippen molar-refractivity contribution in [2.24, 2.45) is 0 Å². The molecule has 2 aromatic rings. The van der Waals surface area contributed by atoms with Crippen LogP contribution in [-0.4, -0.2) is 62.5 Å². The lowest BCUT2D eigenvalue weighted by Crippen LogP contribution is -2.51. The first kappa shape index (κ1) is 25.7. The number of nitrogens with one attached hydrogen (secondary N) is 1. The standard InChI is InChI=1S/C25H29F3N2O4S/c1-3-35(32,33)29-24-20(27)14-30(25(31)22-8-5-9-34-22)21(24)13-16-6-4-7-19(23(16)28)17-10-15(2)11-18(26)12-17/h4,6-7,10-12,20-22,24,29H,3,5,8-9,13-14H2,1-2H3/t20-,21-,22+,24-/m0/s1. The van der Waals surface area contributed by atoms with Crippen molar-refractivity contribution in [1.82, 2.24) is 9.62 Å². The Kier molecular flexibility index (Phi) is 7.54. The van der Waals surface area contributed by atoms with Gasteiger partial charge >= 0.3 is 0 Å². The van der Waals surface area contributed by atoms with E-state index in [0.717, 1.165) is 0 Å². The summed E-state index contributed by atoms with van der Waals surface area (Å²) in [5.41, 5.74) is 1.33. The van der Waals surface area contributed by atoms with Crippen LogP contribution in [0.25, 0.3) is 11.1 Å². The summed E-state index contributed by atoms with van der Waals surface area (Å²) in [5.74, 6) is -1.80. The van der Waals surface area contributed by atoms with E-state index >= 15 is 8.78 Å². The molecule has 2 heterocycles. The van der Waals surface area contributed by atoms with Gasteiger partial charge in [-0.05, 0) is 61.9 Å². The van der Waals surface area contributed by atoms with E-state index in [9.17, 15) is 17.6 Å². The third-order valence-corrected chi connectivity index (χ3v) is 8.01. The summed E-state index contributed by atoms with van der Waals surface area (Å²) in [6.45, 7) is 3.24. The summed E-state index contributed by atoms with van der Waals surface area (Å²) >= 11 is 0. The summed E-state index contributed by atoms with van der Waals surface area (Å²) < 4.78 is 77.2. The van der Waals surface area contributed by atoms with Gasteiger partial charge in [-0.1, -0.05) is 24.3 Å². The van der Waals surface area contributed by atoms with Gasteiger partial charge in [-0.15, -0.1) is 0 Å². The average Bonchev–Trinajstić information content (AvgIpc) is 3.44. The third-order valence-electron chi connectivity index (χ3n) is 6.62. The minimum atomic E-state index is -3.79. The fourth-order valence-electron chi connectivity index (χ4n) is 4.84. The van der Waals surface area contributed by atoms with Crippen LogP contribution in [0.2, 0.25) is 0 Å². The van der Waals surface area contributed by atoms with Crippen LogP contribution < -0.4 is 4.72 Å². The molecule has 2 saturated heterocycles. The van der Waals surface area contributed by atoms with Crippen LogP contribution in [0.1, 0.15) is 30.9 Å². The van der Waals surface area contributed by atoms with E-state index in [2.05, 4.69) is 4.72 Å². The predicted molar refractivity (Wildman–Crippen MR) is 126 cm³/mol. The molecule has 0 unspecified atom stereocenters. The smallest absolute Gasteiger partial charge is 0.252 e. The summed E-state index contributed by atoms with van der Waals surface area (Å²) in [4.78, 5) is 14.4. The number of ether oxygens (including phenoxy) is 1. The first-order chi connectivity index (χ1) is 16.6. The molecule has 0 radical (unpaired) electrons. The fraction of sp³-hybridized carbons (Fsp3) is 0.480. The molecule has 2 aliphatic heterocycles. The highest BCUT2D eigenvalue weighted by Gasteiger charge is 2.47. The largest absolute Gasteiger partial charge is 0.368 e. The average molecular weight is 511 g/mol. The quantitative estimate of drug-likeness (QED) is 0.619. The number of alkyl halides is 1. The SMILES string of the molecule is CCS(=O)(=O)N[C@H]1[C@@H](F)CN(C(=O)[C@H]2CCCO2)[C@H]1Cc1cccc(-c2cc(C)cc(F)c2)c1F. The number of hydrogen-bond donors (Lipinski definition) is 1. The first-order valence-corrected chi connectivity index (χ1v) is 13.4. The van der Waals surface area contributed by atoms with E-state index in [1.165, 1.54) is 36.1 Å². The lowest BCUT2D eigenvalue weighted by atomic mass is 9.95. The van der Waals surface area contributed by atoms with E-state index in [4.69, 9.17) is 4.74 Å². The van der Waals surface area contributed by atoms with Crippen molar-refractivity contribution in [3.8, 4) is 11.1 Å². The summed E-state index contributed by atoms with van der Waals surface area (Å²) in [5, 5.41) is 0. The monoisotopic (exact) mass is 510 g/mol. The molecule has 0 aromatic heterocycles. The van der Waals surface area contributed by atoms with E-state index in [1.807, 2.05) is 0 Å². The highest BCUT2D eigenvalue weighted by atomic mass is 32.2. The zero-order valence-corrected chi connectivity index (χ0v) is 20.5.